The van der Waals surface area contributed by atoms with Crippen molar-refractivity contribution in [2.24, 2.45) is 5.73 Å². The van der Waals surface area contributed by atoms with Gasteiger partial charge in [0.1, 0.15) is 0 Å². The van der Waals surface area contributed by atoms with Crippen LogP contribution < -0.4 is 10.5 Å². The van der Waals surface area contributed by atoms with Crippen molar-refractivity contribution in [3.8, 4) is 5.88 Å². The van der Waals surface area contributed by atoms with Gasteiger partial charge in [-0.05, 0) is 6.07 Å². The summed E-state index contributed by atoms with van der Waals surface area (Å²) >= 11 is 0. The van der Waals surface area contributed by atoms with E-state index in [2.05, 4.69) is 15.5 Å². The van der Waals surface area contributed by atoms with Crippen LogP contribution in [0.3, 0.4) is 0 Å². The van der Waals surface area contributed by atoms with Crippen LogP contribution in [-0.2, 0) is 0 Å². The molecule has 88 valence electrons. The highest BCUT2D eigenvalue weighted by molar-refractivity contribution is 5.67. The molecule has 5 nitrogen and oxygen atoms in total. The highest BCUT2D eigenvalue weighted by Crippen LogP contribution is 2.32. The Hall–Kier alpha value is -1.83. The van der Waals surface area contributed by atoms with Gasteiger partial charge in [-0.15, -0.1) is 0 Å². The summed E-state index contributed by atoms with van der Waals surface area (Å²) in [6.07, 6.45) is -7.77. The maximum atomic E-state index is 12.1. The Labute approximate surface area is 87.7 Å². The van der Waals surface area contributed by atoms with Crippen LogP contribution in [0.4, 0.5) is 18.0 Å². The molecule has 0 saturated carbocycles. The standard InChI is InChI=1S/C8H7F3N2O3/c9-8(10,11)6(14)4-1-2-5(13-3-4)16-7(12)15/h1-3,6,14H,(H2,12,15). The second-order valence-electron chi connectivity index (χ2n) is 2.80. The van der Waals surface area contributed by atoms with Crippen molar-refractivity contribution in [1.29, 1.82) is 0 Å². The number of halogens is 3. The Balaban J connectivity index is 2.83. The number of nitrogens with zero attached hydrogens (tertiary/aromatic N) is 1. The molecule has 1 heterocycles. The molecule has 0 spiro atoms. The number of nitrogens with two attached hydrogens (primary N) is 1. The maximum absolute atomic E-state index is 12.1. The van der Waals surface area contributed by atoms with Crippen LogP contribution in [0.2, 0.25) is 0 Å². The van der Waals surface area contributed by atoms with E-state index in [-0.39, 0.29) is 5.88 Å². The van der Waals surface area contributed by atoms with Gasteiger partial charge in [0.05, 0.1) is 0 Å². The van der Waals surface area contributed by atoms with Gasteiger partial charge in [0.25, 0.3) is 0 Å². The number of pyridine rings is 1. The molecule has 16 heavy (non-hydrogen) atoms. The number of aliphatic hydroxyl groups is 1. The highest BCUT2D eigenvalue weighted by atomic mass is 19.4. The zero-order valence-corrected chi connectivity index (χ0v) is 7.73. The first kappa shape index (κ1) is 12.2. The highest BCUT2D eigenvalue weighted by Gasteiger charge is 2.39. The topological polar surface area (TPSA) is 85.4 Å². The number of hydrogen-bond donors (Lipinski definition) is 2. The third kappa shape index (κ3) is 3.09. The molecule has 1 rings (SSSR count). The van der Waals surface area contributed by atoms with Crippen molar-refractivity contribution in [2.75, 3.05) is 0 Å². The number of primary amides is 1. The van der Waals surface area contributed by atoms with E-state index in [1.807, 2.05) is 0 Å². The SMILES string of the molecule is NC(=O)Oc1ccc(C(O)C(F)(F)F)cn1. The Morgan fingerprint density at radius 2 is 2.12 bits per heavy atom. The minimum Gasteiger partial charge on any atom is -0.391 e. The van der Waals surface area contributed by atoms with Gasteiger partial charge < -0.3 is 15.6 Å². The third-order valence-corrected chi connectivity index (χ3v) is 1.59. The van der Waals surface area contributed by atoms with Gasteiger partial charge in [-0.25, -0.2) is 9.78 Å². The summed E-state index contributed by atoms with van der Waals surface area (Å²) in [6, 6.07) is 1.93. The lowest BCUT2D eigenvalue weighted by Gasteiger charge is -2.14. The summed E-state index contributed by atoms with van der Waals surface area (Å²) in [5, 5.41) is 8.83. The lowest BCUT2D eigenvalue weighted by Crippen LogP contribution is -2.20. The lowest BCUT2D eigenvalue weighted by molar-refractivity contribution is -0.206. The van der Waals surface area contributed by atoms with Crippen molar-refractivity contribution < 1.29 is 27.8 Å². The van der Waals surface area contributed by atoms with Crippen LogP contribution in [-0.4, -0.2) is 22.4 Å². The molecular formula is C8H7F3N2O3. The third-order valence-electron chi connectivity index (χ3n) is 1.59. The van der Waals surface area contributed by atoms with Gasteiger partial charge >= 0.3 is 12.3 Å². The quantitative estimate of drug-likeness (QED) is 0.806. The zero-order valence-electron chi connectivity index (χ0n) is 7.73. The molecule has 8 heteroatoms. The molecule has 1 unspecified atom stereocenters. The first-order chi connectivity index (χ1) is 7.30. The molecule has 1 atom stereocenters. The second-order valence-corrected chi connectivity index (χ2v) is 2.80. The van der Waals surface area contributed by atoms with E-state index in [0.29, 0.717) is 0 Å². The average molecular weight is 236 g/mol. The summed E-state index contributed by atoms with van der Waals surface area (Å²) in [5.41, 5.74) is 4.21. The minimum absolute atomic E-state index is 0.245. The van der Waals surface area contributed by atoms with E-state index in [4.69, 9.17) is 5.11 Å². The normalized spacial score (nSPS) is 13.2. The van der Waals surface area contributed by atoms with Gasteiger partial charge in [-0.2, -0.15) is 13.2 Å². The molecule has 0 radical (unpaired) electrons. The number of carbonyl (C=O) groups excluding carboxylic acids is 1. The smallest absolute Gasteiger partial charge is 0.391 e. The van der Waals surface area contributed by atoms with Crippen molar-refractivity contribution >= 4 is 6.09 Å². The van der Waals surface area contributed by atoms with Crippen molar-refractivity contribution in [2.45, 2.75) is 12.3 Å². The largest absolute Gasteiger partial charge is 0.418 e. The van der Waals surface area contributed by atoms with Gasteiger partial charge in [0.15, 0.2) is 6.10 Å². The fraction of sp³-hybridized carbons (Fsp3) is 0.250. The fourth-order valence-electron chi connectivity index (χ4n) is 0.906. The molecule has 0 aliphatic rings. The number of rotatable bonds is 2. The predicted octanol–water partition coefficient (Wildman–Crippen LogP) is 1.13. The van der Waals surface area contributed by atoms with Crippen molar-refractivity contribution in [3.05, 3.63) is 23.9 Å². The van der Waals surface area contributed by atoms with Crippen LogP contribution in [0.5, 0.6) is 5.88 Å². The molecule has 0 bridgehead atoms. The van der Waals surface area contributed by atoms with Crippen LogP contribution in [0, 0.1) is 0 Å². The first-order valence-electron chi connectivity index (χ1n) is 3.98. The molecule has 0 saturated heterocycles. The molecule has 1 aromatic heterocycles. The summed E-state index contributed by atoms with van der Waals surface area (Å²) < 4.78 is 40.5. The Morgan fingerprint density at radius 1 is 1.50 bits per heavy atom. The monoisotopic (exact) mass is 236 g/mol. The van der Waals surface area contributed by atoms with Gasteiger partial charge in [-0.3, -0.25) is 0 Å². The number of alkyl halides is 3. The molecule has 1 amide bonds. The number of carbonyl (C=O) groups is 1. The van der Waals surface area contributed by atoms with Crippen LogP contribution in [0.15, 0.2) is 18.3 Å². The average Bonchev–Trinajstić information content (AvgIpc) is 2.15. The summed E-state index contributed by atoms with van der Waals surface area (Å²) in [4.78, 5) is 13.6. The van der Waals surface area contributed by atoms with Crippen LogP contribution in [0.1, 0.15) is 11.7 Å². The summed E-state index contributed by atoms with van der Waals surface area (Å²) in [5.74, 6) is -0.245. The number of hydrogen-bond acceptors (Lipinski definition) is 4. The number of aliphatic hydroxyl groups excluding tert-OH is 1. The van der Waals surface area contributed by atoms with E-state index in [9.17, 15) is 18.0 Å². The molecular weight excluding hydrogens is 229 g/mol. The van der Waals surface area contributed by atoms with Gasteiger partial charge in [0, 0.05) is 17.8 Å². The number of ether oxygens (including phenoxy) is 1. The maximum Gasteiger partial charge on any atom is 0.418 e. The van der Waals surface area contributed by atoms with E-state index in [1.54, 1.807) is 0 Å². The second kappa shape index (κ2) is 4.35. The summed E-state index contributed by atoms with van der Waals surface area (Å²) in [6.45, 7) is 0. The number of aromatic nitrogens is 1. The van der Waals surface area contributed by atoms with E-state index < -0.39 is 23.9 Å². The molecule has 0 aromatic carbocycles. The van der Waals surface area contributed by atoms with E-state index >= 15 is 0 Å². The predicted molar refractivity (Wildman–Crippen MR) is 45.5 cm³/mol. The Kier molecular flexibility index (Phi) is 3.33. The molecule has 3 N–H and O–H groups in total. The molecule has 1 aromatic rings. The zero-order chi connectivity index (χ0) is 12.3. The van der Waals surface area contributed by atoms with E-state index in [1.165, 1.54) is 0 Å². The fourth-order valence-corrected chi connectivity index (χ4v) is 0.906. The van der Waals surface area contributed by atoms with Crippen molar-refractivity contribution in [1.82, 2.24) is 4.98 Å². The summed E-state index contributed by atoms with van der Waals surface area (Å²) in [7, 11) is 0. The number of amides is 1. The molecule has 0 aliphatic heterocycles. The van der Waals surface area contributed by atoms with Gasteiger partial charge in [-0.1, -0.05) is 0 Å². The Morgan fingerprint density at radius 3 is 2.50 bits per heavy atom. The van der Waals surface area contributed by atoms with Gasteiger partial charge in [0.2, 0.25) is 5.88 Å². The molecule has 0 aliphatic carbocycles. The molecule has 0 fully saturated rings. The van der Waals surface area contributed by atoms with Crippen molar-refractivity contribution in [3.63, 3.8) is 0 Å². The Bertz CT molecular complexity index is 377. The van der Waals surface area contributed by atoms with E-state index in [0.717, 1.165) is 18.3 Å². The lowest BCUT2D eigenvalue weighted by atomic mass is 10.1. The van der Waals surface area contributed by atoms with Crippen LogP contribution >= 0.6 is 0 Å². The first-order valence-corrected chi connectivity index (χ1v) is 3.98. The van der Waals surface area contributed by atoms with Crippen LogP contribution in [0.25, 0.3) is 0 Å². The minimum atomic E-state index is -4.77.